The topological polar surface area (TPSA) is 15.3 Å². The van der Waals surface area contributed by atoms with Gasteiger partial charge in [-0.3, -0.25) is 4.90 Å². The molecule has 0 spiro atoms. The van der Waals surface area contributed by atoms with Gasteiger partial charge in [0, 0.05) is 24.7 Å². The maximum atomic E-state index is 12.6. The zero-order valence-electron chi connectivity index (χ0n) is 11.8. The molecule has 19 heavy (non-hydrogen) atoms. The van der Waals surface area contributed by atoms with Crippen molar-refractivity contribution in [1.82, 2.24) is 10.2 Å². The molecule has 0 aromatic carbocycles. The number of nitrogens with zero attached hydrogens (tertiary/aromatic N) is 1. The summed E-state index contributed by atoms with van der Waals surface area (Å²) in [7, 11) is 0. The van der Waals surface area contributed by atoms with E-state index in [1.807, 2.05) is 13.8 Å². The van der Waals surface area contributed by atoms with Crippen LogP contribution in [0.1, 0.15) is 46.0 Å². The summed E-state index contributed by atoms with van der Waals surface area (Å²) in [6, 6.07) is 0.725. The Morgan fingerprint density at radius 2 is 1.89 bits per heavy atom. The molecule has 1 saturated heterocycles. The van der Waals surface area contributed by atoms with Crippen LogP contribution >= 0.6 is 0 Å². The van der Waals surface area contributed by atoms with E-state index in [0.717, 1.165) is 6.42 Å². The fourth-order valence-electron chi connectivity index (χ4n) is 3.54. The van der Waals surface area contributed by atoms with Crippen LogP contribution in [0.5, 0.6) is 0 Å². The minimum absolute atomic E-state index is 0.0638. The average molecular weight is 278 g/mol. The normalized spacial score (nSPS) is 32.1. The van der Waals surface area contributed by atoms with Gasteiger partial charge >= 0.3 is 6.18 Å². The van der Waals surface area contributed by atoms with Crippen molar-refractivity contribution in [2.45, 2.75) is 70.3 Å². The van der Waals surface area contributed by atoms with Crippen LogP contribution in [0.3, 0.4) is 0 Å². The summed E-state index contributed by atoms with van der Waals surface area (Å²) in [5, 5.41) is 3.55. The van der Waals surface area contributed by atoms with Crippen molar-refractivity contribution in [3.8, 4) is 0 Å². The number of nitrogens with one attached hydrogen (secondary N) is 1. The van der Waals surface area contributed by atoms with Crippen molar-refractivity contribution in [1.29, 1.82) is 0 Å². The molecule has 3 atom stereocenters. The van der Waals surface area contributed by atoms with Gasteiger partial charge in [-0.1, -0.05) is 12.8 Å². The fourth-order valence-corrected chi connectivity index (χ4v) is 3.54. The molecule has 3 unspecified atom stereocenters. The fraction of sp³-hybridized carbons (Fsp3) is 1.00. The van der Waals surface area contributed by atoms with Crippen molar-refractivity contribution >= 4 is 0 Å². The number of fused-ring (bicyclic) bond motifs is 1. The molecule has 1 heterocycles. The van der Waals surface area contributed by atoms with E-state index < -0.39 is 12.7 Å². The predicted octanol–water partition coefficient (Wildman–Crippen LogP) is 3.18. The quantitative estimate of drug-likeness (QED) is 0.849. The molecule has 1 aliphatic carbocycles. The lowest BCUT2D eigenvalue weighted by atomic mass is 9.85. The first kappa shape index (κ1) is 15.1. The van der Waals surface area contributed by atoms with E-state index in [0.29, 0.717) is 18.5 Å². The third kappa shape index (κ3) is 4.35. The van der Waals surface area contributed by atoms with Crippen molar-refractivity contribution < 1.29 is 13.2 Å². The highest BCUT2D eigenvalue weighted by molar-refractivity contribution is 4.94. The second-order valence-corrected chi connectivity index (χ2v) is 6.39. The standard InChI is InChI=1S/C14H25F3N2/c1-10(2)19(9-14(15,16)17)8-12-7-11-5-3-4-6-13(11)18-12/h10-13,18H,3-9H2,1-2H3. The van der Waals surface area contributed by atoms with Crippen molar-refractivity contribution in [2.24, 2.45) is 5.92 Å². The lowest BCUT2D eigenvalue weighted by molar-refractivity contribution is -0.150. The number of alkyl halides is 3. The Labute approximate surface area is 113 Å². The highest BCUT2D eigenvalue weighted by atomic mass is 19.4. The van der Waals surface area contributed by atoms with Crippen LogP contribution < -0.4 is 5.32 Å². The van der Waals surface area contributed by atoms with E-state index in [2.05, 4.69) is 5.32 Å². The second kappa shape index (κ2) is 6.00. The Hall–Kier alpha value is -0.290. The maximum Gasteiger partial charge on any atom is 0.401 e. The molecule has 0 bridgehead atoms. The lowest BCUT2D eigenvalue weighted by Gasteiger charge is -2.30. The zero-order chi connectivity index (χ0) is 14.0. The second-order valence-electron chi connectivity index (χ2n) is 6.39. The molecular weight excluding hydrogens is 253 g/mol. The van der Waals surface area contributed by atoms with Crippen LogP contribution in [0.2, 0.25) is 0 Å². The first-order valence-corrected chi connectivity index (χ1v) is 7.42. The third-order valence-corrected chi connectivity index (χ3v) is 4.51. The van der Waals surface area contributed by atoms with Gasteiger partial charge in [0.15, 0.2) is 0 Å². The molecule has 2 rings (SSSR count). The molecule has 1 N–H and O–H groups in total. The van der Waals surface area contributed by atoms with E-state index in [-0.39, 0.29) is 12.1 Å². The molecule has 2 aliphatic rings. The van der Waals surface area contributed by atoms with E-state index in [1.165, 1.54) is 25.7 Å². The van der Waals surface area contributed by atoms with E-state index in [9.17, 15) is 13.2 Å². The summed E-state index contributed by atoms with van der Waals surface area (Å²) >= 11 is 0. The SMILES string of the molecule is CC(C)N(CC1CC2CCCCC2N1)CC(F)(F)F. The highest BCUT2D eigenvalue weighted by Gasteiger charge is 2.38. The van der Waals surface area contributed by atoms with Gasteiger partial charge < -0.3 is 5.32 Å². The highest BCUT2D eigenvalue weighted by Crippen LogP contribution is 2.33. The van der Waals surface area contributed by atoms with Gasteiger partial charge in [0.25, 0.3) is 0 Å². The van der Waals surface area contributed by atoms with Gasteiger partial charge in [0.2, 0.25) is 0 Å². The first-order chi connectivity index (χ1) is 8.85. The van der Waals surface area contributed by atoms with Crippen molar-refractivity contribution in [2.75, 3.05) is 13.1 Å². The smallest absolute Gasteiger partial charge is 0.310 e. The summed E-state index contributed by atoms with van der Waals surface area (Å²) in [5.74, 6) is 0.693. The molecule has 1 saturated carbocycles. The summed E-state index contributed by atoms with van der Waals surface area (Å²) in [5.41, 5.74) is 0. The zero-order valence-corrected chi connectivity index (χ0v) is 11.8. The van der Waals surface area contributed by atoms with Crippen LogP contribution in [0.4, 0.5) is 13.2 Å². The molecule has 2 nitrogen and oxygen atoms in total. The van der Waals surface area contributed by atoms with Crippen LogP contribution in [-0.2, 0) is 0 Å². The van der Waals surface area contributed by atoms with Crippen LogP contribution in [0, 0.1) is 5.92 Å². The van der Waals surface area contributed by atoms with Gasteiger partial charge in [0.1, 0.15) is 0 Å². The number of hydrogen-bond donors (Lipinski definition) is 1. The van der Waals surface area contributed by atoms with Gasteiger partial charge in [-0.15, -0.1) is 0 Å². The Kier molecular flexibility index (Phi) is 4.77. The van der Waals surface area contributed by atoms with Crippen molar-refractivity contribution in [3.63, 3.8) is 0 Å². The lowest BCUT2D eigenvalue weighted by Crippen LogP contribution is -2.46. The third-order valence-electron chi connectivity index (χ3n) is 4.51. The van der Waals surface area contributed by atoms with E-state index >= 15 is 0 Å². The molecule has 5 heteroatoms. The molecule has 0 aromatic heterocycles. The van der Waals surface area contributed by atoms with Crippen LogP contribution in [0.25, 0.3) is 0 Å². The largest absolute Gasteiger partial charge is 0.401 e. The van der Waals surface area contributed by atoms with E-state index in [4.69, 9.17) is 0 Å². The summed E-state index contributed by atoms with van der Waals surface area (Å²) in [4.78, 5) is 1.55. The first-order valence-electron chi connectivity index (χ1n) is 7.42. The number of rotatable bonds is 4. The molecule has 0 amide bonds. The Morgan fingerprint density at radius 1 is 1.21 bits per heavy atom. The predicted molar refractivity (Wildman–Crippen MR) is 70.1 cm³/mol. The number of hydrogen-bond acceptors (Lipinski definition) is 2. The molecule has 0 aromatic rings. The average Bonchev–Trinajstić information content (AvgIpc) is 2.68. The minimum atomic E-state index is -4.10. The Balaban J connectivity index is 1.87. The van der Waals surface area contributed by atoms with Gasteiger partial charge in [-0.05, 0) is 39.0 Å². The summed E-state index contributed by atoms with van der Waals surface area (Å²) < 4.78 is 37.7. The monoisotopic (exact) mass is 278 g/mol. The Bertz CT molecular complexity index is 277. The van der Waals surface area contributed by atoms with Gasteiger partial charge in [-0.2, -0.15) is 13.2 Å². The number of halogens is 3. The van der Waals surface area contributed by atoms with E-state index in [1.54, 1.807) is 4.90 Å². The molecule has 112 valence electrons. The van der Waals surface area contributed by atoms with Crippen molar-refractivity contribution in [3.05, 3.63) is 0 Å². The van der Waals surface area contributed by atoms with Gasteiger partial charge in [0.05, 0.1) is 6.54 Å². The molecule has 0 radical (unpaired) electrons. The summed E-state index contributed by atoms with van der Waals surface area (Å²) in [6.45, 7) is 3.41. The van der Waals surface area contributed by atoms with Crippen LogP contribution in [-0.4, -0.2) is 42.3 Å². The molecule has 2 fully saturated rings. The van der Waals surface area contributed by atoms with Crippen LogP contribution in [0.15, 0.2) is 0 Å². The maximum absolute atomic E-state index is 12.6. The Morgan fingerprint density at radius 3 is 2.47 bits per heavy atom. The summed E-state index contributed by atoms with van der Waals surface area (Å²) in [6.07, 6.45) is 1.93. The molecule has 1 aliphatic heterocycles. The minimum Gasteiger partial charge on any atom is -0.310 e. The van der Waals surface area contributed by atoms with Gasteiger partial charge in [-0.25, -0.2) is 0 Å². The molecular formula is C14H25F3N2.